The summed E-state index contributed by atoms with van der Waals surface area (Å²) >= 11 is 0. The van der Waals surface area contributed by atoms with Crippen molar-refractivity contribution in [2.75, 3.05) is 0 Å². The molecule has 0 saturated heterocycles. The molecule has 0 saturated carbocycles. The molecule has 3 atom stereocenters. The van der Waals surface area contributed by atoms with Gasteiger partial charge in [-0.1, -0.05) is 19.9 Å². The number of ether oxygens (including phenoxy) is 1. The summed E-state index contributed by atoms with van der Waals surface area (Å²) in [5.41, 5.74) is 0. The molecule has 0 aromatic rings. The third-order valence-electron chi connectivity index (χ3n) is 1.26. The van der Waals surface area contributed by atoms with E-state index in [0.717, 1.165) is 0 Å². The van der Waals surface area contributed by atoms with Crippen molar-refractivity contribution in [2.45, 2.75) is 32.7 Å². The lowest BCUT2D eigenvalue weighted by Gasteiger charge is -2.19. The molecule has 0 heterocycles. The van der Waals surface area contributed by atoms with Gasteiger partial charge in [-0.25, -0.2) is 0 Å². The molecule has 0 amide bonds. The van der Waals surface area contributed by atoms with Crippen molar-refractivity contribution in [3.05, 3.63) is 12.7 Å². The predicted octanol–water partition coefficient (Wildman–Crippen LogP) is 2.43. The highest BCUT2D eigenvalue weighted by atomic mass is 31.0. The van der Waals surface area contributed by atoms with Gasteiger partial charge in [-0.3, -0.25) is 0 Å². The third kappa shape index (κ3) is 4.03. The number of hydrogen-bond acceptors (Lipinski definition) is 1. The Bertz CT molecular complexity index is 99.4. The van der Waals surface area contributed by atoms with Gasteiger partial charge in [0.25, 0.3) is 0 Å². The molecule has 1 nitrogen and oxygen atoms in total. The van der Waals surface area contributed by atoms with Crippen LogP contribution in [0.4, 0.5) is 0 Å². The van der Waals surface area contributed by atoms with Gasteiger partial charge in [0, 0.05) is 0 Å². The maximum absolute atomic E-state index is 5.51. The van der Waals surface area contributed by atoms with Crippen LogP contribution in [0.3, 0.4) is 0 Å². The fraction of sp³-hybridized carbons (Fsp3) is 0.750. The van der Waals surface area contributed by atoms with Gasteiger partial charge in [-0.15, -0.1) is 15.8 Å². The lowest BCUT2D eigenvalue weighted by atomic mass is 10.1. The van der Waals surface area contributed by atoms with Crippen LogP contribution in [0.25, 0.3) is 0 Å². The first kappa shape index (κ1) is 10.1. The fourth-order valence-corrected chi connectivity index (χ4v) is 0.914. The minimum Gasteiger partial charge on any atom is -0.367 e. The summed E-state index contributed by atoms with van der Waals surface area (Å²) in [6.07, 6.45) is 2.04. The van der Waals surface area contributed by atoms with E-state index in [1.165, 1.54) is 0 Å². The average molecular weight is 160 g/mol. The van der Waals surface area contributed by atoms with E-state index in [9.17, 15) is 0 Å². The lowest BCUT2D eigenvalue weighted by molar-refractivity contribution is 0.0458. The van der Waals surface area contributed by atoms with Crippen LogP contribution in [0, 0.1) is 5.92 Å². The lowest BCUT2D eigenvalue weighted by Crippen LogP contribution is -2.19. The summed E-state index contributed by atoms with van der Waals surface area (Å²) in [5.74, 6) is 0.728. The van der Waals surface area contributed by atoms with Crippen molar-refractivity contribution in [2.24, 2.45) is 5.92 Å². The summed E-state index contributed by atoms with van der Waals surface area (Å²) < 4.78 is 5.51. The van der Waals surface area contributed by atoms with Crippen LogP contribution in [0.1, 0.15) is 20.8 Å². The van der Waals surface area contributed by atoms with Gasteiger partial charge in [0.2, 0.25) is 0 Å². The van der Waals surface area contributed by atoms with E-state index in [4.69, 9.17) is 4.74 Å². The molecule has 3 unspecified atom stereocenters. The molecule has 0 rings (SSSR count). The van der Waals surface area contributed by atoms with E-state index in [1.54, 1.807) is 0 Å². The summed E-state index contributed by atoms with van der Waals surface area (Å²) in [5, 5.41) is 0. The largest absolute Gasteiger partial charge is 0.367 e. The monoisotopic (exact) mass is 160 g/mol. The van der Waals surface area contributed by atoms with Crippen molar-refractivity contribution in [1.82, 2.24) is 0 Å². The Kier molecular flexibility index (Phi) is 4.93. The Hall–Kier alpha value is 0.130. The van der Waals surface area contributed by atoms with Gasteiger partial charge in [-0.05, 0) is 12.8 Å². The topological polar surface area (TPSA) is 9.23 Å². The molecule has 0 N–H and O–H groups in total. The van der Waals surface area contributed by atoms with Gasteiger partial charge in [0.05, 0.1) is 11.9 Å². The molecule has 10 heavy (non-hydrogen) atoms. The van der Waals surface area contributed by atoms with Crippen molar-refractivity contribution < 1.29 is 4.74 Å². The SMILES string of the molecule is C=CC(OC(C)P)C(C)C. The Labute approximate surface area is 66.0 Å². The zero-order chi connectivity index (χ0) is 8.15. The molecule has 0 bridgehead atoms. The zero-order valence-electron chi connectivity index (χ0n) is 7.00. The molecular formula is C8H17OP. The first-order chi connectivity index (χ1) is 4.57. The molecular weight excluding hydrogens is 143 g/mol. The molecule has 0 aromatic heterocycles. The average Bonchev–Trinajstić information content (AvgIpc) is 1.81. The first-order valence-electron chi connectivity index (χ1n) is 3.61. The second-order valence-electron chi connectivity index (χ2n) is 2.79. The molecule has 0 aliphatic carbocycles. The first-order valence-corrected chi connectivity index (χ1v) is 4.28. The van der Waals surface area contributed by atoms with Gasteiger partial charge in [-0.2, -0.15) is 0 Å². The molecule has 0 aliphatic rings. The van der Waals surface area contributed by atoms with Crippen LogP contribution in [0.15, 0.2) is 12.7 Å². The molecule has 0 spiro atoms. The maximum Gasteiger partial charge on any atom is 0.0784 e. The van der Waals surface area contributed by atoms with Crippen LogP contribution in [0.5, 0.6) is 0 Å². The van der Waals surface area contributed by atoms with Crippen LogP contribution in [-0.4, -0.2) is 11.9 Å². The summed E-state index contributed by atoms with van der Waals surface area (Å²) in [7, 11) is 2.61. The highest BCUT2D eigenvalue weighted by Gasteiger charge is 2.10. The molecule has 0 fully saturated rings. The molecule has 0 aromatic carbocycles. The minimum absolute atomic E-state index is 0.187. The maximum atomic E-state index is 5.51. The normalized spacial score (nSPS) is 16.9. The Morgan fingerprint density at radius 2 is 1.90 bits per heavy atom. The predicted molar refractivity (Wildman–Crippen MR) is 49.1 cm³/mol. The Balaban J connectivity index is 3.71. The van der Waals surface area contributed by atoms with Crippen LogP contribution in [-0.2, 0) is 4.74 Å². The number of hydrogen-bond donors (Lipinski definition) is 0. The molecule has 2 heteroatoms. The van der Waals surface area contributed by atoms with E-state index in [2.05, 4.69) is 29.7 Å². The second kappa shape index (κ2) is 4.87. The fourth-order valence-electron chi connectivity index (χ4n) is 0.733. The van der Waals surface area contributed by atoms with Gasteiger partial charge in [0.15, 0.2) is 0 Å². The van der Waals surface area contributed by atoms with E-state index < -0.39 is 0 Å². The standard InChI is InChI=1S/C8H17OP/c1-5-8(6(2)3)9-7(4)10/h5-8H,1,10H2,2-4H3. The quantitative estimate of drug-likeness (QED) is 0.453. The minimum atomic E-state index is 0.187. The van der Waals surface area contributed by atoms with E-state index in [-0.39, 0.29) is 11.9 Å². The molecule has 60 valence electrons. The highest BCUT2D eigenvalue weighted by Crippen LogP contribution is 2.12. The van der Waals surface area contributed by atoms with E-state index in [0.29, 0.717) is 5.92 Å². The summed E-state index contributed by atoms with van der Waals surface area (Å²) in [4.78, 5) is 0. The highest BCUT2D eigenvalue weighted by molar-refractivity contribution is 7.17. The zero-order valence-corrected chi connectivity index (χ0v) is 8.16. The second-order valence-corrected chi connectivity index (χ2v) is 3.72. The van der Waals surface area contributed by atoms with E-state index in [1.807, 2.05) is 13.0 Å². The molecule has 0 radical (unpaired) electrons. The van der Waals surface area contributed by atoms with Crippen LogP contribution >= 0.6 is 9.24 Å². The van der Waals surface area contributed by atoms with Crippen LogP contribution in [0.2, 0.25) is 0 Å². The summed E-state index contributed by atoms with van der Waals surface area (Å²) in [6, 6.07) is 0. The van der Waals surface area contributed by atoms with Crippen molar-refractivity contribution in [3.63, 3.8) is 0 Å². The molecule has 0 aliphatic heterocycles. The van der Waals surface area contributed by atoms with Crippen molar-refractivity contribution >= 4 is 9.24 Å². The number of rotatable bonds is 4. The van der Waals surface area contributed by atoms with Gasteiger partial charge in [0.1, 0.15) is 0 Å². The van der Waals surface area contributed by atoms with Gasteiger partial charge >= 0.3 is 0 Å². The Morgan fingerprint density at radius 3 is 2.00 bits per heavy atom. The van der Waals surface area contributed by atoms with Crippen molar-refractivity contribution in [1.29, 1.82) is 0 Å². The Morgan fingerprint density at radius 1 is 1.40 bits per heavy atom. The third-order valence-corrected chi connectivity index (χ3v) is 1.42. The summed E-state index contributed by atoms with van der Waals surface area (Å²) in [6.45, 7) is 9.95. The smallest absolute Gasteiger partial charge is 0.0784 e. The van der Waals surface area contributed by atoms with E-state index >= 15 is 0 Å². The van der Waals surface area contributed by atoms with Crippen molar-refractivity contribution in [3.8, 4) is 0 Å². The van der Waals surface area contributed by atoms with Gasteiger partial charge < -0.3 is 4.74 Å². The van der Waals surface area contributed by atoms with Crippen LogP contribution < -0.4 is 0 Å².